The summed E-state index contributed by atoms with van der Waals surface area (Å²) in [5.41, 5.74) is 0.614. The molecule has 2 rings (SSSR count). The van der Waals surface area contributed by atoms with Crippen LogP contribution in [0.4, 0.5) is 0 Å². The Morgan fingerprint density at radius 1 is 1.21 bits per heavy atom. The molecular formula is C12H15ClN4O2. The van der Waals surface area contributed by atoms with Gasteiger partial charge in [-0.25, -0.2) is 0 Å². The van der Waals surface area contributed by atoms with Crippen molar-refractivity contribution in [2.24, 2.45) is 0 Å². The minimum Gasteiger partial charge on any atom is -0.330 e. The van der Waals surface area contributed by atoms with Gasteiger partial charge < -0.3 is 9.80 Å². The zero-order valence-corrected chi connectivity index (χ0v) is 11.6. The first-order valence-corrected chi connectivity index (χ1v) is 6.45. The number of halogens is 1. The fourth-order valence-corrected chi connectivity index (χ4v) is 2.06. The summed E-state index contributed by atoms with van der Waals surface area (Å²) < 4.78 is 0. The van der Waals surface area contributed by atoms with E-state index in [9.17, 15) is 9.59 Å². The Hall–Kier alpha value is -1.69. The standard InChI is InChI=1S/C12H15ClN4O2/c1-8(2)17-6-5-16(11(18)12(17)19)7-9-3-4-10(13)15-14-9/h3-4,8H,5-7H2,1-2H3. The number of rotatable bonds is 3. The molecule has 1 aliphatic rings. The molecule has 6 nitrogen and oxygen atoms in total. The van der Waals surface area contributed by atoms with Crippen LogP contribution >= 0.6 is 11.6 Å². The van der Waals surface area contributed by atoms with Gasteiger partial charge in [-0.15, -0.1) is 5.10 Å². The number of carbonyl (C=O) groups excluding carboxylic acids is 2. The van der Waals surface area contributed by atoms with Crippen LogP contribution in [0.1, 0.15) is 19.5 Å². The quantitative estimate of drug-likeness (QED) is 0.766. The normalized spacial score (nSPS) is 16.4. The summed E-state index contributed by atoms with van der Waals surface area (Å²) in [5, 5.41) is 7.90. The van der Waals surface area contributed by atoms with Gasteiger partial charge in [0.2, 0.25) is 0 Å². The third-order valence-electron chi connectivity index (χ3n) is 3.01. The molecule has 1 saturated heterocycles. The third kappa shape index (κ3) is 3.01. The van der Waals surface area contributed by atoms with Crippen molar-refractivity contribution in [1.29, 1.82) is 0 Å². The number of aromatic nitrogens is 2. The number of piperazine rings is 1. The third-order valence-corrected chi connectivity index (χ3v) is 3.21. The second-order valence-corrected chi connectivity index (χ2v) is 5.05. The Morgan fingerprint density at radius 3 is 2.53 bits per heavy atom. The summed E-state index contributed by atoms with van der Waals surface area (Å²) >= 11 is 5.65. The summed E-state index contributed by atoms with van der Waals surface area (Å²) in [4.78, 5) is 26.9. The summed E-state index contributed by atoms with van der Waals surface area (Å²) in [7, 11) is 0. The first-order chi connectivity index (χ1) is 8.99. The highest BCUT2D eigenvalue weighted by Crippen LogP contribution is 2.12. The molecule has 0 aromatic carbocycles. The molecule has 1 fully saturated rings. The van der Waals surface area contributed by atoms with E-state index in [1.54, 1.807) is 17.0 Å². The van der Waals surface area contributed by atoms with Gasteiger partial charge in [0.15, 0.2) is 5.15 Å². The van der Waals surface area contributed by atoms with Gasteiger partial charge in [-0.05, 0) is 26.0 Å². The van der Waals surface area contributed by atoms with Crippen molar-refractivity contribution in [1.82, 2.24) is 20.0 Å². The molecule has 2 amide bonds. The number of nitrogens with zero attached hydrogens (tertiary/aromatic N) is 4. The van der Waals surface area contributed by atoms with Gasteiger partial charge in [-0.1, -0.05) is 11.6 Å². The molecule has 19 heavy (non-hydrogen) atoms. The van der Waals surface area contributed by atoms with E-state index in [1.807, 2.05) is 13.8 Å². The second-order valence-electron chi connectivity index (χ2n) is 4.67. The van der Waals surface area contributed by atoms with Gasteiger partial charge in [0, 0.05) is 19.1 Å². The number of hydrogen-bond acceptors (Lipinski definition) is 4. The molecule has 0 saturated carbocycles. The lowest BCUT2D eigenvalue weighted by Gasteiger charge is -2.35. The van der Waals surface area contributed by atoms with Crippen molar-refractivity contribution in [3.63, 3.8) is 0 Å². The van der Waals surface area contributed by atoms with Crippen LogP contribution in [-0.4, -0.2) is 50.9 Å². The molecule has 1 aliphatic heterocycles. The number of carbonyl (C=O) groups is 2. The highest BCUT2D eigenvalue weighted by molar-refractivity contribution is 6.35. The summed E-state index contributed by atoms with van der Waals surface area (Å²) in [5.74, 6) is -0.945. The zero-order chi connectivity index (χ0) is 14.0. The summed E-state index contributed by atoms with van der Waals surface area (Å²) in [6.45, 7) is 5.12. The average molecular weight is 283 g/mol. The van der Waals surface area contributed by atoms with Gasteiger partial charge in [-0.3, -0.25) is 9.59 Å². The Morgan fingerprint density at radius 2 is 1.95 bits per heavy atom. The van der Waals surface area contributed by atoms with Gasteiger partial charge in [0.1, 0.15) is 0 Å². The molecule has 0 atom stereocenters. The average Bonchev–Trinajstić information content (AvgIpc) is 2.37. The maximum atomic E-state index is 12.0. The van der Waals surface area contributed by atoms with E-state index in [4.69, 9.17) is 11.6 Å². The van der Waals surface area contributed by atoms with E-state index in [0.29, 0.717) is 23.9 Å². The van der Waals surface area contributed by atoms with Crippen molar-refractivity contribution in [3.8, 4) is 0 Å². The molecule has 0 spiro atoms. The Balaban J connectivity index is 2.05. The van der Waals surface area contributed by atoms with E-state index in [0.717, 1.165) is 0 Å². The molecule has 0 radical (unpaired) electrons. The first kappa shape index (κ1) is 13.7. The smallest absolute Gasteiger partial charge is 0.312 e. The molecule has 102 valence electrons. The van der Waals surface area contributed by atoms with Crippen molar-refractivity contribution >= 4 is 23.4 Å². The van der Waals surface area contributed by atoms with Crippen LogP contribution in [0, 0.1) is 0 Å². The lowest BCUT2D eigenvalue weighted by atomic mass is 10.2. The largest absolute Gasteiger partial charge is 0.330 e. The minimum atomic E-state index is -0.489. The molecule has 0 unspecified atom stereocenters. The van der Waals surface area contributed by atoms with Gasteiger partial charge >= 0.3 is 11.8 Å². The van der Waals surface area contributed by atoms with E-state index in [2.05, 4.69) is 10.2 Å². The van der Waals surface area contributed by atoms with Gasteiger partial charge in [0.05, 0.1) is 12.2 Å². The van der Waals surface area contributed by atoms with Gasteiger partial charge in [0.25, 0.3) is 0 Å². The van der Waals surface area contributed by atoms with Crippen LogP contribution in [0.3, 0.4) is 0 Å². The first-order valence-electron chi connectivity index (χ1n) is 6.07. The lowest BCUT2D eigenvalue weighted by Crippen LogP contribution is -2.55. The van der Waals surface area contributed by atoms with E-state index >= 15 is 0 Å². The lowest BCUT2D eigenvalue weighted by molar-refractivity contribution is -0.157. The van der Waals surface area contributed by atoms with Crippen LogP contribution in [0.25, 0.3) is 0 Å². The van der Waals surface area contributed by atoms with Crippen molar-refractivity contribution in [2.75, 3.05) is 13.1 Å². The molecular weight excluding hydrogens is 268 g/mol. The second kappa shape index (κ2) is 5.52. The van der Waals surface area contributed by atoms with Crippen LogP contribution < -0.4 is 0 Å². The summed E-state index contributed by atoms with van der Waals surface area (Å²) in [6.07, 6.45) is 0. The van der Waals surface area contributed by atoms with Crippen molar-refractivity contribution in [2.45, 2.75) is 26.4 Å². The van der Waals surface area contributed by atoms with Crippen LogP contribution in [0.15, 0.2) is 12.1 Å². The number of hydrogen-bond donors (Lipinski definition) is 0. The van der Waals surface area contributed by atoms with E-state index < -0.39 is 11.8 Å². The predicted octanol–water partition coefficient (Wildman–Crippen LogP) is 0.709. The number of amides is 2. The molecule has 0 bridgehead atoms. The molecule has 1 aromatic rings. The topological polar surface area (TPSA) is 66.4 Å². The van der Waals surface area contributed by atoms with Crippen LogP contribution in [-0.2, 0) is 16.1 Å². The molecule has 0 N–H and O–H groups in total. The zero-order valence-electron chi connectivity index (χ0n) is 10.8. The molecule has 0 aliphatic carbocycles. The molecule has 1 aromatic heterocycles. The highest BCUT2D eigenvalue weighted by Gasteiger charge is 2.33. The SMILES string of the molecule is CC(C)N1CCN(Cc2ccc(Cl)nn2)C(=O)C1=O. The van der Waals surface area contributed by atoms with Crippen molar-refractivity contribution < 1.29 is 9.59 Å². The summed E-state index contributed by atoms with van der Waals surface area (Å²) in [6, 6.07) is 3.34. The Kier molecular flexibility index (Phi) is 3.99. The van der Waals surface area contributed by atoms with Crippen LogP contribution in [0.2, 0.25) is 5.15 Å². The molecule has 7 heteroatoms. The maximum Gasteiger partial charge on any atom is 0.312 e. The molecule has 2 heterocycles. The van der Waals surface area contributed by atoms with Crippen LogP contribution in [0.5, 0.6) is 0 Å². The fourth-order valence-electron chi connectivity index (χ4n) is 1.96. The van der Waals surface area contributed by atoms with E-state index in [1.165, 1.54) is 4.90 Å². The Labute approximate surface area is 116 Å². The minimum absolute atomic E-state index is 0.0360. The van der Waals surface area contributed by atoms with Gasteiger partial charge in [-0.2, -0.15) is 5.10 Å². The predicted molar refractivity (Wildman–Crippen MR) is 69.3 cm³/mol. The highest BCUT2D eigenvalue weighted by atomic mass is 35.5. The monoisotopic (exact) mass is 282 g/mol. The fraction of sp³-hybridized carbons (Fsp3) is 0.500. The Bertz CT molecular complexity index is 489. The maximum absolute atomic E-state index is 12.0. The van der Waals surface area contributed by atoms with Crippen molar-refractivity contribution in [3.05, 3.63) is 23.0 Å². The van der Waals surface area contributed by atoms with E-state index in [-0.39, 0.29) is 12.6 Å².